The van der Waals surface area contributed by atoms with Crippen LogP contribution in [0.1, 0.15) is 20.8 Å². The van der Waals surface area contributed by atoms with Gasteiger partial charge in [-0.2, -0.15) is 0 Å². The molecule has 0 spiro atoms. The lowest BCUT2D eigenvalue weighted by Gasteiger charge is -2.43. The molecular weight excluding hydrogens is 186 g/mol. The third-order valence-electron chi connectivity index (χ3n) is 3.26. The van der Waals surface area contributed by atoms with Crippen molar-refractivity contribution in [2.45, 2.75) is 26.3 Å². The van der Waals surface area contributed by atoms with Gasteiger partial charge < -0.3 is 14.7 Å². The van der Waals surface area contributed by atoms with Crippen molar-refractivity contribution in [3.05, 3.63) is 12.4 Å². The van der Waals surface area contributed by atoms with Crippen LogP contribution in [0.4, 0.5) is 0 Å². The normalized spacial score (nSPS) is 19.1. The molecule has 0 unspecified atom stereocenters. The van der Waals surface area contributed by atoms with Crippen LogP contribution in [0.3, 0.4) is 0 Å². The summed E-state index contributed by atoms with van der Waals surface area (Å²) >= 11 is 0. The lowest BCUT2D eigenvalue weighted by atomic mass is 10.1. The zero-order valence-electron chi connectivity index (χ0n) is 10.9. The minimum absolute atomic E-state index is 0.153. The highest BCUT2D eigenvalue weighted by Crippen LogP contribution is 2.19. The van der Waals surface area contributed by atoms with Crippen LogP contribution >= 0.6 is 0 Å². The smallest absolute Gasteiger partial charge is 0.0967 e. The highest BCUT2D eigenvalue weighted by Gasteiger charge is 2.23. The molecule has 1 heterocycles. The Morgan fingerprint density at radius 3 is 2.00 bits per heavy atom. The average molecular weight is 211 g/mol. The second kappa shape index (κ2) is 4.44. The summed E-state index contributed by atoms with van der Waals surface area (Å²) in [5, 5.41) is 0. The van der Waals surface area contributed by atoms with E-state index >= 15 is 0 Å². The van der Waals surface area contributed by atoms with Crippen molar-refractivity contribution in [3.63, 3.8) is 0 Å². The Balaban J connectivity index is 2.54. The fourth-order valence-corrected chi connectivity index (χ4v) is 1.66. The molecule has 0 aromatic heterocycles. The van der Waals surface area contributed by atoms with E-state index < -0.39 is 0 Å². The monoisotopic (exact) mass is 211 g/mol. The number of piperazine rings is 1. The summed E-state index contributed by atoms with van der Waals surface area (Å²) < 4.78 is 0. The van der Waals surface area contributed by atoms with Crippen molar-refractivity contribution in [3.8, 4) is 0 Å². The van der Waals surface area contributed by atoms with E-state index in [-0.39, 0.29) is 5.54 Å². The molecule has 0 N–H and O–H groups in total. The van der Waals surface area contributed by atoms with Crippen molar-refractivity contribution in [1.29, 1.82) is 0 Å². The quantitative estimate of drug-likeness (QED) is 0.684. The number of hydrogen-bond donors (Lipinski definition) is 0. The zero-order valence-corrected chi connectivity index (χ0v) is 10.9. The van der Waals surface area contributed by atoms with Gasteiger partial charge in [-0.3, -0.25) is 0 Å². The summed E-state index contributed by atoms with van der Waals surface area (Å²) in [6, 6.07) is 0. The SMILES string of the molecule is C=C(N1CCN(C)CC1)N(C)C(C)(C)C. The molecule has 0 aromatic rings. The van der Waals surface area contributed by atoms with Gasteiger partial charge in [-0.05, 0) is 27.8 Å². The Labute approximate surface area is 94.3 Å². The Morgan fingerprint density at radius 1 is 1.13 bits per heavy atom. The first-order chi connectivity index (χ1) is 6.82. The first-order valence-electron chi connectivity index (χ1n) is 5.68. The molecule has 1 aliphatic heterocycles. The van der Waals surface area contributed by atoms with Crippen LogP contribution in [0.2, 0.25) is 0 Å². The van der Waals surface area contributed by atoms with E-state index in [0.717, 1.165) is 32.0 Å². The molecule has 0 aliphatic carbocycles. The third-order valence-corrected chi connectivity index (χ3v) is 3.26. The Morgan fingerprint density at radius 2 is 1.60 bits per heavy atom. The maximum atomic E-state index is 4.20. The minimum Gasteiger partial charge on any atom is -0.357 e. The van der Waals surface area contributed by atoms with Gasteiger partial charge in [0, 0.05) is 38.8 Å². The molecule has 0 atom stereocenters. The number of rotatable bonds is 2. The van der Waals surface area contributed by atoms with Gasteiger partial charge in [0.05, 0.1) is 5.82 Å². The van der Waals surface area contributed by atoms with Crippen molar-refractivity contribution < 1.29 is 0 Å². The third kappa shape index (κ3) is 3.13. The lowest BCUT2D eigenvalue weighted by Crippen LogP contribution is -2.49. The largest absolute Gasteiger partial charge is 0.357 e. The van der Waals surface area contributed by atoms with Crippen LogP contribution in [0, 0.1) is 0 Å². The van der Waals surface area contributed by atoms with E-state index in [9.17, 15) is 0 Å². The number of nitrogens with zero attached hydrogens (tertiary/aromatic N) is 3. The molecule has 1 rings (SSSR count). The maximum absolute atomic E-state index is 4.20. The molecule has 0 amide bonds. The Hall–Kier alpha value is -0.700. The van der Waals surface area contributed by atoms with Gasteiger partial charge in [0.15, 0.2) is 0 Å². The summed E-state index contributed by atoms with van der Waals surface area (Å²) in [6.07, 6.45) is 0. The van der Waals surface area contributed by atoms with Crippen molar-refractivity contribution >= 4 is 0 Å². The van der Waals surface area contributed by atoms with Crippen LogP contribution in [0.5, 0.6) is 0 Å². The van der Waals surface area contributed by atoms with Gasteiger partial charge in [-0.25, -0.2) is 0 Å². The second-order valence-corrected chi connectivity index (χ2v) is 5.44. The number of likely N-dealkylation sites (N-methyl/N-ethyl adjacent to an activating group) is 1. The Bertz CT molecular complexity index is 222. The molecule has 0 radical (unpaired) electrons. The van der Waals surface area contributed by atoms with Crippen molar-refractivity contribution in [2.24, 2.45) is 0 Å². The maximum Gasteiger partial charge on any atom is 0.0967 e. The predicted octanol–water partition coefficient (Wildman–Crippen LogP) is 1.44. The molecule has 0 saturated carbocycles. The van der Waals surface area contributed by atoms with Gasteiger partial charge in [-0.15, -0.1) is 0 Å². The molecule has 3 nitrogen and oxygen atoms in total. The van der Waals surface area contributed by atoms with E-state index in [1.54, 1.807) is 0 Å². The van der Waals surface area contributed by atoms with E-state index in [1.807, 2.05) is 0 Å². The summed E-state index contributed by atoms with van der Waals surface area (Å²) in [6.45, 7) is 15.3. The van der Waals surface area contributed by atoms with Gasteiger partial charge in [0.2, 0.25) is 0 Å². The highest BCUT2D eigenvalue weighted by molar-refractivity contribution is 4.98. The predicted molar refractivity (Wildman–Crippen MR) is 65.7 cm³/mol. The molecule has 1 fully saturated rings. The molecule has 15 heavy (non-hydrogen) atoms. The minimum atomic E-state index is 0.153. The topological polar surface area (TPSA) is 9.72 Å². The highest BCUT2D eigenvalue weighted by atomic mass is 15.4. The fraction of sp³-hybridized carbons (Fsp3) is 0.833. The second-order valence-electron chi connectivity index (χ2n) is 5.44. The summed E-state index contributed by atoms with van der Waals surface area (Å²) in [7, 11) is 4.30. The lowest BCUT2D eigenvalue weighted by molar-refractivity contribution is 0.111. The van der Waals surface area contributed by atoms with Crippen LogP contribution in [0.25, 0.3) is 0 Å². The van der Waals surface area contributed by atoms with Crippen LogP contribution in [-0.4, -0.2) is 60.5 Å². The molecule has 1 saturated heterocycles. The van der Waals surface area contributed by atoms with Gasteiger partial charge in [0.1, 0.15) is 0 Å². The summed E-state index contributed by atoms with van der Waals surface area (Å²) in [4.78, 5) is 7.00. The standard InChI is InChI=1S/C12H25N3/c1-11(14(6)12(2,3)4)15-9-7-13(5)8-10-15/h1,7-10H2,2-6H3. The van der Waals surface area contributed by atoms with Gasteiger partial charge in [-0.1, -0.05) is 6.58 Å². The number of hydrogen-bond acceptors (Lipinski definition) is 3. The molecule has 3 heteroatoms. The van der Waals surface area contributed by atoms with Crippen LogP contribution in [-0.2, 0) is 0 Å². The van der Waals surface area contributed by atoms with Crippen LogP contribution < -0.4 is 0 Å². The van der Waals surface area contributed by atoms with E-state index in [2.05, 4.69) is 56.1 Å². The molecular formula is C12H25N3. The Kier molecular flexibility index (Phi) is 3.66. The van der Waals surface area contributed by atoms with Crippen LogP contribution in [0.15, 0.2) is 12.4 Å². The van der Waals surface area contributed by atoms with Crippen molar-refractivity contribution in [1.82, 2.24) is 14.7 Å². The van der Waals surface area contributed by atoms with Gasteiger partial charge in [0.25, 0.3) is 0 Å². The summed E-state index contributed by atoms with van der Waals surface area (Å²) in [5.74, 6) is 1.15. The van der Waals surface area contributed by atoms with E-state index in [4.69, 9.17) is 0 Å². The fourth-order valence-electron chi connectivity index (χ4n) is 1.66. The zero-order chi connectivity index (χ0) is 11.6. The van der Waals surface area contributed by atoms with Crippen molar-refractivity contribution in [2.75, 3.05) is 40.3 Å². The van der Waals surface area contributed by atoms with Gasteiger partial charge >= 0.3 is 0 Å². The molecule has 0 bridgehead atoms. The average Bonchev–Trinajstić information content (AvgIpc) is 2.15. The first kappa shape index (κ1) is 12.4. The summed E-state index contributed by atoms with van der Waals surface area (Å²) in [5.41, 5.74) is 0.153. The first-order valence-corrected chi connectivity index (χ1v) is 5.68. The molecule has 88 valence electrons. The molecule has 1 aliphatic rings. The van der Waals surface area contributed by atoms with E-state index in [0.29, 0.717) is 0 Å². The van der Waals surface area contributed by atoms with E-state index in [1.165, 1.54) is 0 Å². The molecule has 0 aromatic carbocycles.